The molecule has 0 aromatic heterocycles. The molecule has 2 aliphatic rings. The number of methoxy groups -OCH3 is 1. The molecule has 210 valence electrons. The second-order valence-electron chi connectivity index (χ2n) is 10.9. The Balaban J connectivity index is 1.53. The van der Waals surface area contributed by atoms with Gasteiger partial charge in [0.05, 0.1) is 38.8 Å². The maximum Gasteiger partial charge on any atom is 0.319 e. The van der Waals surface area contributed by atoms with Gasteiger partial charge in [0.15, 0.2) is 11.5 Å². The molecule has 40 heavy (non-hydrogen) atoms. The van der Waals surface area contributed by atoms with Gasteiger partial charge in [0, 0.05) is 24.8 Å². The van der Waals surface area contributed by atoms with Crippen molar-refractivity contribution in [2.24, 2.45) is 0 Å². The van der Waals surface area contributed by atoms with Crippen LogP contribution >= 0.6 is 11.6 Å². The normalized spacial score (nSPS) is 17.8. The Kier molecular flexibility index (Phi) is 7.42. The van der Waals surface area contributed by atoms with Crippen molar-refractivity contribution < 1.29 is 24.2 Å². The van der Waals surface area contributed by atoms with E-state index >= 15 is 0 Å². The zero-order valence-electron chi connectivity index (χ0n) is 23.3. The third-order valence-corrected chi connectivity index (χ3v) is 7.63. The SMILES string of the molecule is COc1cc2c(cc1OC(C)C)C(c1ccc(Cl)cc1)N(c1ccc(C3(O)CN(C(=O)N(C)C)C3)cc1)C(=O)C2. The number of nitrogens with zero attached hydrogens (tertiary/aromatic N) is 3. The Morgan fingerprint density at radius 3 is 2.27 bits per heavy atom. The van der Waals surface area contributed by atoms with Gasteiger partial charge in [-0.25, -0.2) is 4.79 Å². The van der Waals surface area contributed by atoms with Crippen LogP contribution in [0.2, 0.25) is 5.02 Å². The summed E-state index contributed by atoms with van der Waals surface area (Å²) in [5.41, 5.74) is 2.99. The number of benzene rings is 3. The van der Waals surface area contributed by atoms with Gasteiger partial charge in [-0.1, -0.05) is 35.9 Å². The first-order valence-electron chi connectivity index (χ1n) is 13.2. The summed E-state index contributed by atoms with van der Waals surface area (Å²) in [6, 6.07) is 18.1. The van der Waals surface area contributed by atoms with E-state index in [2.05, 4.69) is 0 Å². The molecule has 8 nitrogen and oxygen atoms in total. The van der Waals surface area contributed by atoms with Crippen molar-refractivity contribution >= 4 is 29.2 Å². The van der Waals surface area contributed by atoms with Crippen molar-refractivity contribution in [2.45, 2.75) is 38.0 Å². The van der Waals surface area contributed by atoms with Gasteiger partial charge >= 0.3 is 6.03 Å². The van der Waals surface area contributed by atoms with Crippen LogP contribution in [-0.4, -0.2) is 67.2 Å². The number of β-amino-alcohol motifs (C(OH)–C–C–N with tert-alkyl or cyclic N) is 1. The second-order valence-corrected chi connectivity index (χ2v) is 11.3. The number of ether oxygens (including phenoxy) is 2. The molecule has 3 aromatic carbocycles. The Morgan fingerprint density at radius 1 is 1.05 bits per heavy atom. The molecule has 5 rings (SSSR count). The van der Waals surface area contributed by atoms with E-state index < -0.39 is 11.6 Å². The average Bonchev–Trinajstić information content (AvgIpc) is 2.90. The van der Waals surface area contributed by atoms with E-state index in [1.54, 1.807) is 31.0 Å². The van der Waals surface area contributed by atoms with Crippen LogP contribution in [0.5, 0.6) is 11.5 Å². The van der Waals surface area contributed by atoms with Crippen LogP contribution in [0.15, 0.2) is 60.7 Å². The Bertz CT molecular complexity index is 1420. The summed E-state index contributed by atoms with van der Waals surface area (Å²) in [4.78, 5) is 30.8. The number of hydrogen-bond acceptors (Lipinski definition) is 5. The van der Waals surface area contributed by atoms with Gasteiger partial charge in [-0.3, -0.25) is 4.79 Å². The van der Waals surface area contributed by atoms with Gasteiger partial charge < -0.3 is 29.3 Å². The van der Waals surface area contributed by atoms with E-state index in [4.69, 9.17) is 21.1 Å². The van der Waals surface area contributed by atoms with E-state index in [9.17, 15) is 14.7 Å². The minimum absolute atomic E-state index is 0.0592. The number of hydrogen-bond donors (Lipinski definition) is 1. The Labute approximate surface area is 239 Å². The third kappa shape index (κ3) is 5.09. The lowest BCUT2D eigenvalue weighted by Gasteiger charge is -2.47. The maximum atomic E-state index is 13.7. The number of aliphatic hydroxyl groups is 1. The highest BCUT2D eigenvalue weighted by molar-refractivity contribution is 6.30. The topological polar surface area (TPSA) is 82.6 Å². The van der Waals surface area contributed by atoms with E-state index in [1.165, 1.54) is 4.90 Å². The van der Waals surface area contributed by atoms with Crippen molar-refractivity contribution in [3.05, 3.63) is 87.9 Å². The number of fused-ring (bicyclic) bond motifs is 1. The van der Waals surface area contributed by atoms with Crippen LogP contribution in [0.4, 0.5) is 10.5 Å². The number of anilines is 1. The predicted molar refractivity (Wildman–Crippen MR) is 154 cm³/mol. The third-order valence-electron chi connectivity index (χ3n) is 7.38. The fourth-order valence-corrected chi connectivity index (χ4v) is 5.57. The molecule has 3 aromatic rings. The van der Waals surface area contributed by atoms with Gasteiger partial charge in [-0.15, -0.1) is 0 Å². The number of carbonyl (C=O) groups excluding carboxylic acids is 2. The molecule has 2 aliphatic heterocycles. The van der Waals surface area contributed by atoms with Gasteiger partial charge in [-0.05, 0) is 72.5 Å². The van der Waals surface area contributed by atoms with E-state index in [0.717, 1.165) is 16.7 Å². The van der Waals surface area contributed by atoms with Crippen molar-refractivity contribution in [3.63, 3.8) is 0 Å². The molecule has 9 heteroatoms. The average molecular weight is 564 g/mol. The molecule has 0 bridgehead atoms. The van der Waals surface area contributed by atoms with Crippen LogP contribution in [0.3, 0.4) is 0 Å². The lowest BCUT2D eigenvalue weighted by atomic mass is 9.85. The molecule has 0 saturated carbocycles. The Morgan fingerprint density at radius 2 is 1.70 bits per heavy atom. The molecule has 1 fully saturated rings. The lowest BCUT2D eigenvalue weighted by molar-refractivity contribution is -0.118. The fourth-order valence-electron chi connectivity index (χ4n) is 5.45. The highest BCUT2D eigenvalue weighted by Gasteiger charge is 2.45. The molecule has 0 spiro atoms. The number of rotatable bonds is 6. The molecule has 3 amide bonds. The summed E-state index contributed by atoms with van der Waals surface area (Å²) in [6.45, 7) is 4.34. The largest absolute Gasteiger partial charge is 0.493 e. The van der Waals surface area contributed by atoms with E-state index in [0.29, 0.717) is 27.8 Å². The molecule has 0 aliphatic carbocycles. The monoisotopic (exact) mass is 563 g/mol. The van der Waals surface area contributed by atoms with Gasteiger partial charge in [0.25, 0.3) is 0 Å². The Hall–Kier alpha value is -3.75. The van der Waals surface area contributed by atoms with Crippen molar-refractivity contribution in [2.75, 3.05) is 39.2 Å². The van der Waals surface area contributed by atoms with Crippen molar-refractivity contribution in [3.8, 4) is 11.5 Å². The highest BCUT2D eigenvalue weighted by atomic mass is 35.5. The van der Waals surface area contributed by atoms with Crippen LogP contribution in [0.1, 0.15) is 42.1 Å². The van der Waals surface area contributed by atoms with Crippen LogP contribution in [0, 0.1) is 0 Å². The number of amides is 3. The van der Waals surface area contributed by atoms with Gasteiger partial charge in [0.1, 0.15) is 5.60 Å². The molecule has 1 N–H and O–H groups in total. The van der Waals surface area contributed by atoms with Crippen LogP contribution in [0.25, 0.3) is 0 Å². The lowest BCUT2D eigenvalue weighted by Crippen LogP contribution is -2.63. The zero-order valence-corrected chi connectivity index (χ0v) is 24.1. The summed E-state index contributed by atoms with van der Waals surface area (Å²) in [7, 11) is 4.97. The first-order valence-corrected chi connectivity index (χ1v) is 13.6. The minimum atomic E-state index is -1.13. The van der Waals surface area contributed by atoms with Crippen molar-refractivity contribution in [1.82, 2.24) is 9.80 Å². The molecule has 0 radical (unpaired) electrons. The summed E-state index contributed by atoms with van der Waals surface area (Å²) >= 11 is 6.21. The summed E-state index contributed by atoms with van der Waals surface area (Å²) in [6.07, 6.45) is 0.140. The van der Waals surface area contributed by atoms with Crippen LogP contribution < -0.4 is 14.4 Å². The smallest absolute Gasteiger partial charge is 0.319 e. The quantitative estimate of drug-likeness (QED) is 0.456. The molecule has 2 heterocycles. The molecule has 1 atom stereocenters. The fraction of sp³-hybridized carbons (Fsp3) is 0.355. The number of halogens is 1. The molecular weight excluding hydrogens is 530 g/mol. The zero-order chi connectivity index (χ0) is 28.8. The summed E-state index contributed by atoms with van der Waals surface area (Å²) in [5.74, 6) is 1.14. The minimum Gasteiger partial charge on any atom is -0.493 e. The first kappa shape index (κ1) is 27.8. The number of likely N-dealkylation sites (tertiary alicyclic amines) is 1. The van der Waals surface area contributed by atoms with E-state index in [1.807, 2.05) is 74.5 Å². The standard InChI is InChI=1S/C31H34ClN3O5/c1-19(2)40-27-16-25-21(14-26(27)39-5)15-28(36)35(29(25)20-6-10-23(32)11-7-20)24-12-8-22(9-13-24)31(38)17-34(18-31)30(37)33(3)4/h6-14,16,19,29,38H,15,17-18H2,1-5H3. The molecular formula is C31H34ClN3O5. The summed E-state index contributed by atoms with van der Waals surface area (Å²) in [5, 5.41) is 11.7. The van der Waals surface area contributed by atoms with E-state index in [-0.39, 0.29) is 37.6 Å². The summed E-state index contributed by atoms with van der Waals surface area (Å²) < 4.78 is 11.7. The predicted octanol–water partition coefficient (Wildman–Crippen LogP) is 5.00. The second kappa shape index (κ2) is 10.7. The maximum absolute atomic E-state index is 13.7. The van der Waals surface area contributed by atoms with Crippen molar-refractivity contribution in [1.29, 1.82) is 0 Å². The molecule has 1 saturated heterocycles. The number of urea groups is 1. The van der Waals surface area contributed by atoms with Gasteiger partial charge in [0.2, 0.25) is 5.91 Å². The van der Waals surface area contributed by atoms with Gasteiger partial charge in [-0.2, -0.15) is 0 Å². The highest BCUT2D eigenvalue weighted by Crippen LogP contribution is 2.44. The first-order chi connectivity index (χ1) is 19.0. The number of carbonyl (C=O) groups is 2. The van der Waals surface area contributed by atoms with Crippen LogP contribution in [-0.2, 0) is 16.8 Å². The molecule has 1 unspecified atom stereocenters.